The standard InChI is InChI=1S/C28H29F4N3O/c1-33-27(36)26(20-10-12-23(29)13-11-20)35-24(22-9-8-19-4-2-3-5-21(19)16-22)14-6-18-7-15-25(34-17-18)28(30,31)32/h7-13,15-17,24,26,35H,2-6,14H2,1H3,(H,33,36)/t24-,26?/m0/s1. The van der Waals surface area contributed by atoms with Gasteiger partial charge in [-0.1, -0.05) is 36.4 Å². The predicted octanol–water partition coefficient (Wildman–Crippen LogP) is 5.87. The number of amides is 1. The number of halogens is 4. The van der Waals surface area contributed by atoms with Crippen LogP contribution < -0.4 is 10.6 Å². The molecule has 8 heteroatoms. The number of aryl methyl sites for hydroxylation is 3. The molecule has 36 heavy (non-hydrogen) atoms. The molecule has 1 aliphatic rings. The molecule has 0 bridgehead atoms. The number of nitrogens with one attached hydrogen (secondary N) is 2. The molecule has 0 fully saturated rings. The third-order valence-electron chi connectivity index (χ3n) is 6.69. The monoisotopic (exact) mass is 499 g/mol. The van der Waals surface area contributed by atoms with E-state index in [-0.39, 0.29) is 11.9 Å². The van der Waals surface area contributed by atoms with Gasteiger partial charge in [0.05, 0.1) is 0 Å². The van der Waals surface area contributed by atoms with Crippen molar-refractivity contribution in [2.75, 3.05) is 7.05 Å². The molecule has 2 atom stereocenters. The Labute approximate surface area is 208 Å². The Balaban J connectivity index is 1.61. The second-order valence-corrected chi connectivity index (χ2v) is 9.14. The van der Waals surface area contributed by atoms with Crippen molar-refractivity contribution in [3.05, 3.63) is 100 Å². The van der Waals surface area contributed by atoms with Gasteiger partial charge in [-0.25, -0.2) is 4.39 Å². The van der Waals surface area contributed by atoms with Crippen molar-refractivity contribution < 1.29 is 22.4 Å². The maximum atomic E-state index is 13.5. The number of fused-ring (bicyclic) bond motifs is 1. The molecule has 1 aliphatic carbocycles. The van der Waals surface area contributed by atoms with E-state index in [1.54, 1.807) is 19.2 Å². The molecule has 1 amide bonds. The van der Waals surface area contributed by atoms with E-state index in [9.17, 15) is 22.4 Å². The molecule has 0 saturated heterocycles. The van der Waals surface area contributed by atoms with Crippen LogP contribution in [0.1, 0.15) is 64.9 Å². The van der Waals surface area contributed by atoms with E-state index >= 15 is 0 Å². The van der Waals surface area contributed by atoms with Gasteiger partial charge in [0.15, 0.2) is 0 Å². The first-order valence-corrected chi connectivity index (χ1v) is 12.1. The van der Waals surface area contributed by atoms with Crippen LogP contribution in [0.25, 0.3) is 0 Å². The highest BCUT2D eigenvalue weighted by atomic mass is 19.4. The van der Waals surface area contributed by atoms with E-state index in [1.807, 2.05) is 0 Å². The zero-order valence-electron chi connectivity index (χ0n) is 20.0. The summed E-state index contributed by atoms with van der Waals surface area (Å²) >= 11 is 0. The van der Waals surface area contributed by atoms with Crippen LogP contribution in [0, 0.1) is 5.82 Å². The maximum absolute atomic E-state index is 13.5. The zero-order valence-corrected chi connectivity index (χ0v) is 20.0. The third-order valence-corrected chi connectivity index (χ3v) is 6.69. The minimum absolute atomic E-state index is 0.263. The molecule has 0 radical (unpaired) electrons. The number of rotatable bonds is 8. The molecule has 0 saturated carbocycles. The van der Waals surface area contributed by atoms with Crippen LogP contribution in [0.4, 0.5) is 17.6 Å². The number of alkyl halides is 3. The molecule has 190 valence electrons. The summed E-state index contributed by atoms with van der Waals surface area (Å²) in [5.41, 5.74) is 4.00. The van der Waals surface area contributed by atoms with Gasteiger partial charge in [0.25, 0.3) is 0 Å². The third kappa shape index (κ3) is 6.29. The predicted molar refractivity (Wildman–Crippen MR) is 130 cm³/mol. The highest BCUT2D eigenvalue weighted by Gasteiger charge is 2.32. The van der Waals surface area contributed by atoms with Crippen LogP contribution in [-0.4, -0.2) is 17.9 Å². The Morgan fingerprint density at radius 3 is 2.31 bits per heavy atom. The number of aromatic nitrogens is 1. The molecule has 2 N–H and O–H groups in total. The van der Waals surface area contributed by atoms with Crippen LogP contribution in [0.2, 0.25) is 0 Å². The summed E-state index contributed by atoms with van der Waals surface area (Å²) in [7, 11) is 1.54. The Bertz CT molecular complexity index is 1180. The summed E-state index contributed by atoms with van der Waals surface area (Å²) in [4.78, 5) is 16.4. The average molecular weight is 500 g/mol. The Morgan fingerprint density at radius 2 is 1.67 bits per heavy atom. The Kier molecular flexibility index (Phi) is 8.04. The molecule has 4 rings (SSSR count). The molecule has 0 aliphatic heterocycles. The normalized spacial score (nSPS) is 15.1. The molecule has 4 nitrogen and oxygen atoms in total. The Hall–Kier alpha value is -3.26. The highest BCUT2D eigenvalue weighted by molar-refractivity contribution is 5.83. The average Bonchev–Trinajstić information content (AvgIpc) is 2.88. The fourth-order valence-electron chi connectivity index (χ4n) is 4.69. The van der Waals surface area contributed by atoms with E-state index < -0.39 is 23.7 Å². The molecule has 1 aromatic heterocycles. The number of hydrogen-bond acceptors (Lipinski definition) is 3. The lowest BCUT2D eigenvalue weighted by atomic mass is 9.88. The van der Waals surface area contributed by atoms with E-state index in [4.69, 9.17) is 0 Å². The number of likely N-dealkylation sites (N-methyl/N-ethyl adjacent to an activating group) is 1. The van der Waals surface area contributed by atoms with E-state index in [0.717, 1.165) is 37.3 Å². The van der Waals surface area contributed by atoms with Crippen molar-refractivity contribution in [1.82, 2.24) is 15.6 Å². The van der Waals surface area contributed by atoms with Crippen LogP contribution in [-0.2, 0) is 30.2 Å². The lowest BCUT2D eigenvalue weighted by molar-refractivity contribution is -0.141. The SMILES string of the molecule is CNC(=O)C(N[C@@H](CCc1ccc(C(F)(F)F)nc1)c1ccc2c(c1)CCCC2)c1ccc(F)cc1. The molecule has 2 aromatic carbocycles. The fraction of sp³-hybridized carbons (Fsp3) is 0.357. The van der Waals surface area contributed by atoms with Gasteiger partial charge in [0.1, 0.15) is 17.6 Å². The molecule has 0 spiro atoms. The smallest absolute Gasteiger partial charge is 0.358 e. The number of nitrogens with zero attached hydrogens (tertiary/aromatic N) is 1. The summed E-state index contributed by atoms with van der Waals surface area (Å²) in [6.45, 7) is 0. The van der Waals surface area contributed by atoms with Gasteiger partial charge in [0.2, 0.25) is 5.91 Å². The van der Waals surface area contributed by atoms with E-state index in [0.29, 0.717) is 24.0 Å². The van der Waals surface area contributed by atoms with Crippen LogP contribution in [0.3, 0.4) is 0 Å². The van der Waals surface area contributed by atoms with Crippen molar-refractivity contribution in [2.24, 2.45) is 0 Å². The topological polar surface area (TPSA) is 54.0 Å². The molecular formula is C28H29F4N3O. The van der Waals surface area contributed by atoms with Crippen LogP contribution in [0.5, 0.6) is 0 Å². The van der Waals surface area contributed by atoms with Gasteiger partial charge < -0.3 is 5.32 Å². The van der Waals surface area contributed by atoms with Gasteiger partial charge >= 0.3 is 6.18 Å². The quantitative estimate of drug-likeness (QED) is 0.381. The number of benzene rings is 2. The van der Waals surface area contributed by atoms with Crippen molar-refractivity contribution in [3.8, 4) is 0 Å². The van der Waals surface area contributed by atoms with Gasteiger partial charge in [-0.3, -0.25) is 15.1 Å². The summed E-state index contributed by atoms with van der Waals surface area (Å²) in [5.74, 6) is -0.656. The van der Waals surface area contributed by atoms with Gasteiger partial charge in [0, 0.05) is 19.3 Å². The number of carbonyl (C=O) groups is 1. The van der Waals surface area contributed by atoms with Gasteiger partial charge in [-0.15, -0.1) is 0 Å². The largest absolute Gasteiger partial charge is 0.433 e. The first-order chi connectivity index (χ1) is 17.2. The molecule has 3 aromatic rings. The fourth-order valence-corrected chi connectivity index (χ4v) is 4.69. The van der Waals surface area contributed by atoms with E-state index in [1.165, 1.54) is 35.5 Å². The van der Waals surface area contributed by atoms with Gasteiger partial charge in [-0.2, -0.15) is 13.2 Å². The van der Waals surface area contributed by atoms with Crippen molar-refractivity contribution in [2.45, 2.75) is 56.8 Å². The van der Waals surface area contributed by atoms with Crippen LogP contribution >= 0.6 is 0 Å². The minimum Gasteiger partial charge on any atom is -0.358 e. The second kappa shape index (κ2) is 11.2. The first-order valence-electron chi connectivity index (χ1n) is 12.1. The summed E-state index contributed by atoms with van der Waals surface area (Å²) < 4.78 is 52.2. The molecule has 1 heterocycles. The molecular weight excluding hydrogens is 470 g/mol. The minimum atomic E-state index is -4.48. The highest BCUT2D eigenvalue weighted by Crippen LogP contribution is 2.30. The maximum Gasteiger partial charge on any atom is 0.433 e. The zero-order chi connectivity index (χ0) is 25.7. The van der Waals surface area contributed by atoms with Crippen molar-refractivity contribution in [3.63, 3.8) is 0 Å². The lowest BCUT2D eigenvalue weighted by Crippen LogP contribution is -2.38. The molecule has 1 unspecified atom stereocenters. The number of carbonyl (C=O) groups excluding carboxylic acids is 1. The summed E-state index contributed by atoms with van der Waals surface area (Å²) in [6.07, 6.45) is 2.09. The number of hydrogen-bond donors (Lipinski definition) is 2. The Morgan fingerprint density at radius 1 is 0.972 bits per heavy atom. The summed E-state index contributed by atoms with van der Waals surface area (Å²) in [5, 5.41) is 6.10. The van der Waals surface area contributed by atoms with Gasteiger partial charge in [-0.05, 0) is 84.5 Å². The van der Waals surface area contributed by atoms with E-state index in [2.05, 4.69) is 33.8 Å². The lowest BCUT2D eigenvalue weighted by Gasteiger charge is -2.27. The number of pyridine rings is 1. The van der Waals surface area contributed by atoms with Crippen molar-refractivity contribution >= 4 is 5.91 Å². The summed E-state index contributed by atoms with van der Waals surface area (Å²) in [6, 6.07) is 13.6. The van der Waals surface area contributed by atoms with Crippen LogP contribution in [0.15, 0.2) is 60.8 Å². The van der Waals surface area contributed by atoms with Crippen molar-refractivity contribution in [1.29, 1.82) is 0 Å². The first kappa shape index (κ1) is 25.8. The second-order valence-electron chi connectivity index (χ2n) is 9.14.